The number of anilines is 1. The van der Waals surface area contributed by atoms with E-state index in [0.29, 0.717) is 36.8 Å². The smallest absolute Gasteiger partial charge is 0.264 e. The van der Waals surface area contributed by atoms with Gasteiger partial charge in [-0.15, -0.1) is 0 Å². The summed E-state index contributed by atoms with van der Waals surface area (Å²) in [6.45, 7) is 2.11. The molecular formula is C22H26N2O7S2. The maximum atomic E-state index is 13.6. The van der Waals surface area contributed by atoms with E-state index in [1.54, 1.807) is 24.3 Å². The quantitative estimate of drug-likeness (QED) is 0.600. The van der Waals surface area contributed by atoms with Crippen molar-refractivity contribution in [1.82, 2.24) is 4.90 Å². The fourth-order valence-electron chi connectivity index (χ4n) is 3.86. The summed E-state index contributed by atoms with van der Waals surface area (Å²) in [6, 6.07) is 10.7. The molecule has 178 valence electrons. The third-order valence-corrected chi connectivity index (χ3v) is 9.37. The Morgan fingerprint density at radius 3 is 2.36 bits per heavy atom. The van der Waals surface area contributed by atoms with Crippen molar-refractivity contribution in [3.63, 3.8) is 0 Å². The van der Waals surface area contributed by atoms with E-state index in [2.05, 4.69) is 0 Å². The van der Waals surface area contributed by atoms with E-state index in [-0.39, 0.29) is 16.4 Å². The van der Waals surface area contributed by atoms with Crippen molar-refractivity contribution in [2.24, 2.45) is 0 Å². The number of hydrogen-bond acceptors (Lipinski definition) is 7. The highest BCUT2D eigenvalue weighted by Crippen LogP contribution is 2.34. The molecule has 1 amide bonds. The Hall–Kier alpha value is -2.79. The maximum Gasteiger partial charge on any atom is 0.264 e. The zero-order valence-corrected chi connectivity index (χ0v) is 20.1. The fourth-order valence-corrected chi connectivity index (χ4v) is 7.06. The van der Waals surface area contributed by atoms with Gasteiger partial charge in [0, 0.05) is 19.2 Å². The highest BCUT2D eigenvalue weighted by atomic mass is 32.2. The van der Waals surface area contributed by atoms with Gasteiger partial charge in [0.05, 0.1) is 22.1 Å². The SMILES string of the molecule is Cc1ccc(N(CC(=O)N(C)C2CCS(=O)(=O)C2)S(=O)(=O)c2ccc3c(c2)OCCO3)cc1. The number of benzene rings is 2. The van der Waals surface area contributed by atoms with Crippen LogP contribution in [0.5, 0.6) is 11.5 Å². The molecule has 0 radical (unpaired) electrons. The van der Waals surface area contributed by atoms with Crippen LogP contribution >= 0.6 is 0 Å². The Morgan fingerprint density at radius 2 is 1.73 bits per heavy atom. The van der Waals surface area contributed by atoms with Crippen LogP contribution in [0.2, 0.25) is 0 Å². The average Bonchev–Trinajstić information content (AvgIpc) is 3.16. The summed E-state index contributed by atoms with van der Waals surface area (Å²) >= 11 is 0. The Kier molecular flexibility index (Phi) is 6.28. The number of aryl methyl sites for hydroxylation is 1. The van der Waals surface area contributed by atoms with Crippen LogP contribution in [-0.4, -0.2) is 72.0 Å². The lowest BCUT2D eigenvalue weighted by Crippen LogP contribution is -2.45. The molecule has 11 heteroatoms. The van der Waals surface area contributed by atoms with Gasteiger partial charge in [-0.25, -0.2) is 16.8 Å². The highest BCUT2D eigenvalue weighted by Gasteiger charge is 2.35. The van der Waals surface area contributed by atoms with Crippen molar-refractivity contribution < 1.29 is 31.1 Å². The van der Waals surface area contributed by atoms with Gasteiger partial charge in [-0.1, -0.05) is 17.7 Å². The number of sulfone groups is 1. The third-order valence-electron chi connectivity index (χ3n) is 5.85. The molecule has 33 heavy (non-hydrogen) atoms. The molecule has 0 aromatic heterocycles. The van der Waals surface area contributed by atoms with Crippen molar-refractivity contribution >= 4 is 31.5 Å². The molecule has 0 saturated carbocycles. The number of nitrogens with zero attached hydrogens (tertiary/aromatic N) is 2. The number of carbonyl (C=O) groups is 1. The number of fused-ring (bicyclic) bond motifs is 1. The standard InChI is InChI=1S/C22H26N2O7S2/c1-16-3-5-17(6-4-16)24(14-22(25)23(2)18-9-12-32(26,27)15-18)33(28,29)19-7-8-20-21(13-19)31-11-10-30-20/h3-8,13,18H,9-12,14-15H2,1-2H3. The number of hydrogen-bond donors (Lipinski definition) is 0. The summed E-state index contributed by atoms with van der Waals surface area (Å²) in [6.07, 6.45) is 0.337. The second kappa shape index (κ2) is 8.86. The van der Waals surface area contributed by atoms with E-state index in [4.69, 9.17) is 9.47 Å². The van der Waals surface area contributed by atoms with Crippen molar-refractivity contribution in [3.05, 3.63) is 48.0 Å². The number of ether oxygens (including phenoxy) is 2. The largest absolute Gasteiger partial charge is 0.486 e. The minimum Gasteiger partial charge on any atom is -0.486 e. The van der Waals surface area contributed by atoms with E-state index in [9.17, 15) is 21.6 Å². The van der Waals surface area contributed by atoms with Crippen LogP contribution in [0, 0.1) is 6.92 Å². The topological polar surface area (TPSA) is 110 Å². The molecule has 2 aromatic carbocycles. The molecule has 9 nitrogen and oxygen atoms in total. The Bertz CT molecular complexity index is 1260. The molecule has 1 atom stereocenters. The number of amides is 1. The summed E-state index contributed by atoms with van der Waals surface area (Å²) in [5, 5.41) is 0. The first kappa shape index (κ1) is 23.4. The average molecular weight is 495 g/mol. The van der Waals surface area contributed by atoms with Crippen LogP contribution in [0.1, 0.15) is 12.0 Å². The van der Waals surface area contributed by atoms with Gasteiger partial charge in [0.25, 0.3) is 10.0 Å². The van der Waals surface area contributed by atoms with E-state index in [1.807, 2.05) is 6.92 Å². The van der Waals surface area contributed by atoms with Gasteiger partial charge in [-0.3, -0.25) is 9.10 Å². The first-order valence-corrected chi connectivity index (χ1v) is 13.8. The molecular weight excluding hydrogens is 468 g/mol. The molecule has 2 aromatic rings. The Morgan fingerprint density at radius 1 is 1.06 bits per heavy atom. The van der Waals surface area contributed by atoms with Gasteiger partial charge in [-0.05, 0) is 37.6 Å². The second-order valence-corrected chi connectivity index (χ2v) is 12.3. The minimum absolute atomic E-state index is 0.0203. The Balaban J connectivity index is 1.66. The van der Waals surface area contributed by atoms with E-state index in [1.165, 1.54) is 30.1 Å². The van der Waals surface area contributed by atoms with Crippen LogP contribution in [0.4, 0.5) is 5.69 Å². The lowest BCUT2D eigenvalue weighted by atomic mass is 10.2. The first-order valence-electron chi connectivity index (χ1n) is 10.5. The molecule has 2 aliphatic rings. The second-order valence-electron chi connectivity index (χ2n) is 8.21. The molecule has 4 rings (SSSR count). The number of rotatable bonds is 6. The van der Waals surface area contributed by atoms with Gasteiger partial charge in [0.15, 0.2) is 21.3 Å². The lowest BCUT2D eigenvalue weighted by molar-refractivity contribution is -0.129. The van der Waals surface area contributed by atoms with E-state index >= 15 is 0 Å². The molecule has 0 aliphatic carbocycles. The molecule has 0 bridgehead atoms. The number of carbonyl (C=O) groups excluding carboxylic acids is 1. The first-order chi connectivity index (χ1) is 15.6. The van der Waals surface area contributed by atoms with E-state index in [0.717, 1.165) is 9.87 Å². The van der Waals surface area contributed by atoms with Crippen LogP contribution in [0.15, 0.2) is 47.4 Å². The molecule has 1 fully saturated rings. The molecule has 2 aliphatic heterocycles. The minimum atomic E-state index is -4.14. The summed E-state index contributed by atoms with van der Waals surface area (Å²) in [7, 11) is -5.82. The molecule has 0 spiro atoms. The van der Waals surface area contributed by atoms with Gasteiger partial charge in [0.2, 0.25) is 5.91 Å². The Labute approximate surface area is 193 Å². The molecule has 1 unspecified atom stereocenters. The number of likely N-dealkylation sites (N-methyl/N-ethyl adjacent to an activating group) is 1. The van der Waals surface area contributed by atoms with Gasteiger partial charge in [-0.2, -0.15) is 0 Å². The summed E-state index contributed by atoms with van der Waals surface area (Å²) < 4.78 is 63.0. The van der Waals surface area contributed by atoms with E-state index < -0.39 is 38.4 Å². The third kappa shape index (κ3) is 4.93. The zero-order chi connectivity index (χ0) is 23.8. The maximum absolute atomic E-state index is 13.6. The van der Waals surface area contributed by atoms with Crippen molar-refractivity contribution in [3.8, 4) is 11.5 Å². The van der Waals surface area contributed by atoms with Crippen LogP contribution in [0.25, 0.3) is 0 Å². The fraction of sp³-hybridized carbons (Fsp3) is 0.409. The predicted octanol–water partition coefficient (Wildman–Crippen LogP) is 1.61. The molecule has 0 N–H and O–H groups in total. The van der Waals surface area contributed by atoms with Crippen molar-refractivity contribution in [2.75, 3.05) is 42.6 Å². The van der Waals surface area contributed by atoms with Gasteiger partial charge < -0.3 is 14.4 Å². The number of sulfonamides is 1. The monoisotopic (exact) mass is 494 g/mol. The highest BCUT2D eigenvalue weighted by molar-refractivity contribution is 7.93. The van der Waals surface area contributed by atoms with Gasteiger partial charge >= 0.3 is 0 Å². The summed E-state index contributed by atoms with van der Waals surface area (Å²) in [5.74, 6) is 0.200. The molecule has 1 saturated heterocycles. The van der Waals surface area contributed by atoms with Crippen LogP contribution in [0.3, 0.4) is 0 Å². The van der Waals surface area contributed by atoms with Crippen LogP contribution < -0.4 is 13.8 Å². The van der Waals surface area contributed by atoms with Crippen molar-refractivity contribution in [2.45, 2.75) is 24.3 Å². The predicted molar refractivity (Wildman–Crippen MR) is 123 cm³/mol. The molecule has 2 heterocycles. The van der Waals surface area contributed by atoms with Crippen LogP contribution in [-0.2, 0) is 24.7 Å². The summed E-state index contributed by atoms with van der Waals surface area (Å²) in [4.78, 5) is 14.4. The van der Waals surface area contributed by atoms with Gasteiger partial charge in [0.1, 0.15) is 19.8 Å². The zero-order valence-electron chi connectivity index (χ0n) is 18.4. The summed E-state index contributed by atoms with van der Waals surface area (Å²) in [5.41, 5.74) is 1.27. The lowest BCUT2D eigenvalue weighted by Gasteiger charge is -2.29. The van der Waals surface area contributed by atoms with Crippen molar-refractivity contribution in [1.29, 1.82) is 0 Å². The normalized spacial score (nSPS) is 19.2.